The molecule has 0 bridgehead atoms. The molecule has 2 heterocycles. The third-order valence-electron chi connectivity index (χ3n) is 6.50. The van der Waals surface area contributed by atoms with Crippen LogP contribution in [-0.4, -0.2) is 33.9 Å². The average Bonchev–Trinajstić information content (AvgIpc) is 3.38. The monoisotopic (exact) mass is 573 g/mol. The molecule has 0 saturated heterocycles. The number of amides is 1. The highest BCUT2D eigenvalue weighted by Crippen LogP contribution is 2.38. The van der Waals surface area contributed by atoms with Gasteiger partial charge in [-0.2, -0.15) is 4.98 Å². The van der Waals surface area contributed by atoms with Crippen molar-refractivity contribution in [2.75, 3.05) is 23.8 Å². The van der Waals surface area contributed by atoms with Crippen molar-refractivity contribution in [3.8, 4) is 11.5 Å². The Morgan fingerprint density at radius 3 is 2.56 bits per heavy atom. The molecule has 1 atom stereocenters. The molecule has 10 heteroatoms. The highest BCUT2D eigenvalue weighted by molar-refractivity contribution is 7.98. The number of nitrogens with zero attached hydrogens (tertiary/aromatic N) is 3. The highest BCUT2D eigenvalue weighted by Gasteiger charge is 2.34. The molecule has 5 rings (SSSR count). The van der Waals surface area contributed by atoms with Crippen molar-refractivity contribution in [2.45, 2.75) is 44.1 Å². The van der Waals surface area contributed by atoms with E-state index < -0.39 is 6.04 Å². The molecule has 0 aliphatic carbocycles. The molecule has 4 aromatic rings. The molecule has 3 aromatic carbocycles. The normalized spacial score (nSPS) is 14.3. The van der Waals surface area contributed by atoms with Crippen LogP contribution in [0.5, 0.6) is 11.5 Å². The molecule has 1 amide bonds. The predicted molar refractivity (Wildman–Crippen MR) is 159 cm³/mol. The lowest BCUT2D eigenvalue weighted by molar-refractivity contribution is -0.113. The summed E-state index contributed by atoms with van der Waals surface area (Å²) in [5.41, 5.74) is 3.13. The zero-order valence-electron chi connectivity index (χ0n) is 23.2. The number of fused-ring (bicyclic) bond motifs is 1. The summed E-state index contributed by atoms with van der Waals surface area (Å²) in [6, 6.07) is 21.1. The first kappa shape index (κ1) is 28.2. The van der Waals surface area contributed by atoms with Crippen LogP contribution in [0.25, 0.3) is 0 Å². The van der Waals surface area contributed by atoms with Gasteiger partial charge >= 0.3 is 0 Å². The van der Waals surface area contributed by atoms with E-state index in [1.54, 1.807) is 22.9 Å². The lowest BCUT2D eigenvalue weighted by Crippen LogP contribution is -2.31. The molecule has 41 heavy (non-hydrogen) atoms. The molecule has 0 radical (unpaired) electrons. The van der Waals surface area contributed by atoms with Crippen LogP contribution in [0, 0.1) is 5.82 Å². The summed E-state index contributed by atoms with van der Waals surface area (Å²) in [6.45, 7) is 6.89. The van der Waals surface area contributed by atoms with E-state index in [4.69, 9.17) is 14.6 Å². The molecule has 2 N–H and O–H groups in total. The summed E-state index contributed by atoms with van der Waals surface area (Å²) in [4.78, 5) is 18.6. The van der Waals surface area contributed by atoms with Crippen molar-refractivity contribution < 1.29 is 18.7 Å². The topological polar surface area (TPSA) is 90.3 Å². The highest BCUT2D eigenvalue weighted by atomic mass is 32.2. The fraction of sp³-hybridized carbons (Fsp3) is 0.258. The molecule has 1 aromatic heterocycles. The Bertz CT molecular complexity index is 1550. The number of benzene rings is 3. The lowest BCUT2D eigenvalue weighted by Gasteiger charge is -2.29. The summed E-state index contributed by atoms with van der Waals surface area (Å²) >= 11 is 1.33. The smallest absolute Gasteiger partial charge is 0.255 e. The predicted octanol–water partition coefficient (Wildman–Crippen LogP) is 6.82. The van der Waals surface area contributed by atoms with E-state index in [0.717, 1.165) is 17.7 Å². The van der Waals surface area contributed by atoms with Gasteiger partial charge in [-0.05, 0) is 61.7 Å². The van der Waals surface area contributed by atoms with Gasteiger partial charge in [0.15, 0.2) is 0 Å². The van der Waals surface area contributed by atoms with Crippen LogP contribution in [0.1, 0.15) is 44.4 Å². The Hall–Kier alpha value is -4.31. The molecule has 1 aliphatic heterocycles. The largest absolute Gasteiger partial charge is 0.494 e. The summed E-state index contributed by atoms with van der Waals surface area (Å²) < 4.78 is 27.4. The van der Waals surface area contributed by atoms with Crippen LogP contribution in [0.4, 0.5) is 16.0 Å². The number of carbonyl (C=O) groups is 1. The van der Waals surface area contributed by atoms with Crippen molar-refractivity contribution in [1.82, 2.24) is 14.8 Å². The minimum Gasteiger partial charge on any atom is -0.494 e. The maximum atomic E-state index is 14.2. The second-order valence-corrected chi connectivity index (χ2v) is 10.4. The first-order valence-electron chi connectivity index (χ1n) is 13.5. The number of hydrogen-bond acceptors (Lipinski definition) is 7. The second kappa shape index (κ2) is 12.9. The summed E-state index contributed by atoms with van der Waals surface area (Å²) in [6.07, 6.45) is 0.904. The van der Waals surface area contributed by atoms with Crippen LogP contribution in [-0.2, 0) is 10.5 Å². The second-order valence-electron chi connectivity index (χ2n) is 9.41. The Morgan fingerprint density at radius 1 is 1.05 bits per heavy atom. The van der Waals surface area contributed by atoms with Crippen molar-refractivity contribution in [2.24, 2.45) is 0 Å². The fourth-order valence-corrected chi connectivity index (χ4v) is 5.38. The zero-order chi connectivity index (χ0) is 28.8. The Labute approximate surface area is 243 Å². The van der Waals surface area contributed by atoms with E-state index in [1.165, 1.54) is 17.8 Å². The maximum absolute atomic E-state index is 14.2. The summed E-state index contributed by atoms with van der Waals surface area (Å²) in [5.74, 6) is 1.66. The van der Waals surface area contributed by atoms with Gasteiger partial charge in [0.2, 0.25) is 11.1 Å². The standard InChI is InChI=1S/C31H32FN5O3S/c1-4-18-40-23-16-14-21(15-17-23)28-27(29(38)34-25-12-8-9-13-26(25)39-5-2)20(3)33-30-35-31(36-37(28)30)41-19-22-10-6-7-11-24(22)32/h6-17,28H,4-5,18-19H2,1-3H3,(H,34,38)(H,33,35,36). The number of thioether (sulfide) groups is 1. The number of anilines is 2. The van der Waals surface area contributed by atoms with Gasteiger partial charge in [0.25, 0.3) is 5.91 Å². The number of carbonyl (C=O) groups excluding carboxylic acids is 1. The van der Waals surface area contributed by atoms with Crippen molar-refractivity contribution >= 4 is 29.3 Å². The van der Waals surface area contributed by atoms with Crippen LogP contribution < -0.4 is 20.1 Å². The number of nitrogens with one attached hydrogen (secondary N) is 2. The van der Waals surface area contributed by atoms with E-state index in [1.807, 2.05) is 62.4 Å². The Kier molecular flexibility index (Phi) is 8.88. The van der Waals surface area contributed by atoms with E-state index >= 15 is 0 Å². The van der Waals surface area contributed by atoms with E-state index in [0.29, 0.717) is 58.3 Å². The Balaban J connectivity index is 1.49. The number of allylic oxidation sites excluding steroid dienone is 1. The van der Waals surface area contributed by atoms with Gasteiger partial charge in [-0.15, -0.1) is 5.10 Å². The first-order valence-corrected chi connectivity index (χ1v) is 14.5. The quantitative estimate of drug-likeness (QED) is 0.190. The van der Waals surface area contributed by atoms with E-state index in [9.17, 15) is 9.18 Å². The molecule has 8 nitrogen and oxygen atoms in total. The number of ether oxygens (including phenoxy) is 2. The molecule has 0 saturated carbocycles. The number of aromatic nitrogens is 3. The van der Waals surface area contributed by atoms with Crippen LogP contribution in [0.3, 0.4) is 0 Å². The molecule has 1 aliphatic rings. The van der Waals surface area contributed by atoms with Gasteiger partial charge in [-0.3, -0.25) is 4.79 Å². The molecule has 0 spiro atoms. The van der Waals surface area contributed by atoms with Crippen molar-refractivity contribution in [3.63, 3.8) is 0 Å². The summed E-state index contributed by atoms with van der Waals surface area (Å²) in [7, 11) is 0. The number of halogens is 1. The molecule has 212 valence electrons. The Morgan fingerprint density at radius 2 is 1.80 bits per heavy atom. The fourth-order valence-electron chi connectivity index (χ4n) is 4.56. The van der Waals surface area contributed by atoms with Gasteiger partial charge in [0.1, 0.15) is 23.4 Å². The minimum absolute atomic E-state index is 0.269. The summed E-state index contributed by atoms with van der Waals surface area (Å²) in [5, 5.41) is 11.5. The van der Waals surface area contributed by atoms with Crippen LogP contribution >= 0.6 is 11.8 Å². The van der Waals surface area contributed by atoms with Crippen LogP contribution in [0.15, 0.2) is 89.2 Å². The van der Waals surface area contributed by atoms with Gasteiger partial charge in [0.05, 0.1) is 24.5 Å². The van der Waals surface area contributed by atoms with Crippen molar-refractivity contribution in [3.05, 3.63) is 101 Å². The van der Waals surface area contributed by atoms with Gasteiger partial charge in [0, 0.05) is 11.4 Å². The number of rotatable bonds is 11. The molecular weight excluding hydrogens is 541 g/mol. The van der Waals surface area contributed by atoms with Crippen LogP contribution in [0.2, 0.25) is 0 Å². The minimum atomic E-state index is -0.568. The average molecular weight is 574 g/mol. The number of para-hydroxylation sites is 2. The SMILES string of the molecule is CCCOc1ccc(C2C(C(=O)Nc3ccccc3OCC)=C(C)Nc3nc(SCc4ccccc4F)nn32)cc1. The maximum Gasteiger partial charge on any atom is 0.255 e. The lowest BCUT2D eigenvalue weighted by atomic mass is 9.95. The van der Waals surface area contributed by atoms with E-state index in [2.05, 4.69) is 22.5 Å². The van der Waals surface area contributed by atoms with Gasteiger partial charge in [-0.1, -0.05) is 61.2 Å². The molecule has 1 unspecified atom stereocenters. The van der Waals surface area contributed by atoms with Crippen molar-refractivity contribution in [1.29, 1.82) is 0 Å². The van der Waals surface area contributed by atoms with Gasteiger partial charge in [-0.25, -0.2) is 9.07 Å². The van der Waals surface area contributed by atoms with E-state index in [-0.39, 0.29) is 11.7 Å². The zero-order valence-corrected chi connectivity index (χ0v) is 24.0. The molecule has 0 fully saturated rings. The first-order chi connectivity index (χ1) is 20.0. The van der Waals surface area contributed by atoms with Gasteiger partial charge < -0.3 is 20.1 Å². The third-order valence-corrected chi connectivity index (χ3v) is 7.38. The number of hydrogen-bond donors (Lipinski definition) is 2. The molecular formula is C31H32FN5O3S. The third kappa shape index (κ3) is 6.38.